The molecule has 0 radical (unpaired) electrons. The molecule has 0 bridgehead atoms. The Morgan fingerprint density at radius 2 is 1.12 bits per heavy atom. The number of amides is 2. The van der Waals surface area contributed by atoms with Crippen molar-refractivity contribution in [2.24, 2.45) is 0 Å². The Labute approximate surface area is 149 Å². The van der Waals surface area contributed by atoms with Crippen molar-refractivity contribution in [3.8, 4) is 0 Å². The van der Waals surface area contributed by atoms with Crippen LogP contribution in [0, 0.1) is 0 Å². The van der Waals surface area contributed by atoms with E-state index in [4.69, 9.17) is 0 Å². The molecular formula is C21H39NO2. The lowest BCUT2D eigenvalue weighted by atomic mass is 10.0. The van der Waals surface area contributed by atoms with E-state index in [1.807, 2.05) is 13.8 Å². The summed E-state index contributed by atoms with van der Waals surface area (Å²) in [5.74, 6) is -0.449. The van der Waals surface area contributed by atoms with Crippen LogP contribution in [0.2, 0.25) is 0 Å². The van der Waals surface area contributed by atoms with Gasteiger partial charge in [0.05, 0.1) is 0 Å². The third-order valence-corrected chi connectivity index (χ3v) is 4.19. The number of nitrogens with one attached hydrogen (secondary N) is 1. The molecule has 0 spiro atoms. The van der Waals surface area contributed by atoms with Gasteiger partial charge in [0.15, 0.2) is 0 Å². The highest BCUT2D eigenvalue weighted by atomic mass is 16.2. The zero-order valence-corrected chi connectivity index (χ0v) is 16.3. The monoisotopic (exact) mass is 337 g/mol. The molecule has 24 heavy (non-hydrogen) atoms. The molecule has 0 saturated carbocycles. The molecule has 3 nitrogen and oxygen atoms in total. The minimum Gasteiger partial charge on any atom is -0.293 e. The van der Waals surface area contributed by atoms with Crippen molar-refractivity contribution in [2.75, 3.05) is 0 Å². The second kappa shape index (κ2) is 16.7. The maximum atomic E-state index is 11.6. The van der Waals surface area contributed by atoms with E-state index in [-0.39, 0.29) is 11.8 Å². The molecule has 140 valence electrons. The summed E-state index contributed by atoms with van der Waals surface area (Å²) in [5, 5.41) is 2.40. The van der Waals surface area contributed by atoms with Gasteiger partial charge in [-0.2, -0.15) is 0 Å². The van der Waals surface area contributed by atoms with Crippen molar-refractivity contribution in [3.63, 3.8) is 0 Å². The van der Waals surface area contributed by atoms with Gasteiger partial charge in [0.25, 0.3) is 0 Å². The van der Waals surface area contributed by atoms with Gasteiger partial charge in [-0.3, -0.25) is 14.9 Å². The van der Waals surface area contributed by atoms with Gasteiger partial charge in [-0.1, -0.05) is 89.5 Å². The minimum absolute atomic E-state index is 0.152. The predicted octanol–water partition coefficient (Wildman–Crippen LogP) is 6.08. The van der Waals surface area contributed by atoms with Crippen LogP contribution in [-0.4, -0.2) is 11.8 Å². The summed E-state index contributed by atoms with van der Waals surface area (Å²) < 4.78 is 0. The van der Waals surface area contributed by atoms with Crippen LogP contribution < -0.4 is 5.32 Å². The highest BCUT2D eigenvalue weighted by molar-refractivity contribution is 6.01. The number of allylic oxidation sites excluding steroid dienone is 1. The Morgan fingerprint density at radius 3 is 1.54 bits per heavy atom. The number of hydrogen-bond donors (Lipinski definition) is 1. The second-order valence-corrected chi connectivity index (χ2v) is 7.13. The fraction of sp³-hybridized carbons (Fsp3) is 0.810. The molecule has 0 rings (SSSR count). The molecule has 0 aromatic rings. The zero-order valence-electron chi connectivity index (χ0n) is 16.3. The smallest absolute Gasteiger partial charge is 0.250 e. The first-order valence-electron chi connectivity index (χ1n) is 10.0. The van der Waals surface area contributed by atoms with Crippen LogP contribution in [0.4, 0.5) is 0 Å². The van der Waals surface area contributed by atoms with Gasteiger partial charge in [-0.15, -0.1) is 0 Å². The highest BCUT2D eigenvalue weighted by Gasteiger charge is 2.04. The van der Waals surface area contributed by atoms with Crippen LogP contribution in [0.15, 0.2) is 11.6 Å². The molecule has 0 fully saturated rings. The molecule has 0 unspecified atom stereocenters. The van der Waals surface area contributed by atoms with Gasteiger partial charge < -0.3 is 0 Å². The van der Waals surface area contributed by atoms with E-state index in [0.717, 1.165) is 18.4 Å². The van der Waals surface area contributed by atoms with Crippen LogP contribution in [0.5, 0.6) is 0 Å². The maximum Gasteiger partial charge on any atom is 0.250 e. The highest BCUT2D eigenvalue weighted by Crippen LogP contribution is 2.12. The van der Waals surface area contributed by atoms with Gasteiger partial charge >= 0.3 is 0 Å². The summed E-state index contributed by atoms with van der Waals surface area (Å²) >= 11 is 0. The van der Waals surface area contributed by atoms with E-state index >= 15 is 0 Å². The summed E-state index contributed by atoms with van der Waals surface area (Å²) in [4.78, 5) is 23.0. The molecule has 0 saturated heterocycles. The van der Waals surface area contributed by atoms with Crippen molar-refractivity contribution >= 4 is 11.8 Å². The maximum absolute atomic E-state index is 11.6. The van der Waals surface area contributed by atoms with E-state index < -0.39 is 0 Å². The predicted molar refractivity (Wildman–Crippen MR) is 103 cm³/mol. The van der Waals surface area contributed by atoms with Crippen molar-refractivity contribution < 1.29 is 9.59 Å². The van der Waals surface area contributed by atoms with E-state index in [0.29, 0.717) is 6.42 Å². The first kappa shape index (κ1) is 22.9. The SMILES string of the molecule is CCCCCCCCCCCCCCCC(=O)NC(=O)C=C(C)C. The fourth-order valence-corrected chi connectivity index (χ4v) is 2.80. The largest absolute Gasteiger partial charge is 0.293 e. The van der Waals surface area contributed by atoms with Crippen molar-refractivity contribution in [2.45, 2.75) is 111 Å². The molecule has 0 aliphatic carbocycles. The molecule has 1 N–H and O–H groups in total. The number of hydrogen-bond acceptors (Lipinski definition) is 2. The van der Waals surface area contributed by atoms with Crippen LogP contribution in [0.1, 0.15) is 111 Å². The molecular weight excluding hydrogens is 298 g/mol. The normalized spacial score (nSPS) is 10.5. The topological polar surface area (TPSA) is 46.2 Å². The number of imide groups is 1. The third kappa shape index (κ3) is 17.2. The van der Waals surface area contributed by atoms with E-state index in [9.17, 15) is 9.59 Å². The quantitative estimate of drug-likeness (QED) is 0.291. The molecule has 0 heterocycles. The van der Waals surface area contributed by atoms with Gasteiger partial charge in [0.1, 0.15) is 0 Å². The van der Waals surface area contributed by atoms with E-state index in [2.05, 4.69) is 12.2 Å². The summed E-state index contributed by atoms with van der Waals surface area (Å²) in [7, 11) is 0. The molecule has 0 aliphatic heterocycles. The second-order valence-electron chi connectivity index (χ2n) is 7.13. The van der Waals surface area contributed by atoms with E-state index in [1.165, 1.54) is 76.7 Å². The van der Waals surface area contributed by atoms with Crippen LogP contribution >= 0.6 is 0 Å². The third-order valence-electron chi connectivity index (χ3n) is 4.19. The number of unbranched alkanes of at least 4 members (excludes halogenated alkanes) is 12. The van der Waals surface area contributed by atoms with Crippen LogP contribution in [0.25, 0.3) is 0 Å². The summed E-state index contributed by atoms with van der Waals surface area (Å²) in [6.45, 7) is 5.95. The fourth-order valence-electron chi connectivity index (χ4n) is 2.80. The number of carbonyl (C=O) groups excluding carboxylic acids is 2. The zero-order chi connectivity index (χ0) is 18.0. The lowest BCUT2D eigenvalue weighted by Gasteiger charge is -2.03. The van der Waals surface area contributed by atoms with Crippen molar-refractivity contribution in [1.29, 1.82) is 0 Å². The molecule has 2 amide bonds. The number of carbonyl (C=O) groups is 2. The molecule has 0 aliphatic rings. The van der Waals surface area contributed by atoms with Crippen LogP contribution in [-0.2, 0) is 9.59 Å². The standard InChI is InChI=1S/C21H39NO2/c1-4-5-6-7-8-9-10-11-12-13-14-15-16-17-20(23)22-21(24)18-19(2)3/h18H,4-17H2,1-3H3,(H,22,23,24). The molecule has 0 aromatic carbocycles. The first-order valence-corrected chi connectivity index (χ1v) is 10.0. The van der Waals surface area contributed by atoms with Crippen molar-refractivity contribution in [1.82, 2.24) is 5.32 Å². The number of rotatable bonds is 15. The van der Waals surface area contributed by atoms with Gasteiger partial charge in [0.2, 0.25) is 11.8 Å². The Bertz CT molecular complexity index is 357. The summed E-state index contributed by atoms with van der Waals surface area (Å²) in [6, 6.07) is 0. The van der Waals surface area contributed by atoms with Crippen molar-refractivity contribution in [3.05, 3.63) is 11.6 Å². The Morgan fingerprint density at radius 1 is 0.708 bits per heavy atom. The molecule has 3 heteroatoms. The molecule has 0 atom stereocenters. The van der Waals surface area contributed by atoms with Gasteiger partial charge in [-0.05, 0) is 20.3 Å². The average molecular weight is 338 g/mol. The van der Waals surface area contributed by atoms with E-state index in [1.54, 1.807) is 0 Å². The first-order chi connectivity index (χ1) is 11.6. The molecule has 0 aromatic heterocycles. The Kier molecular flexibility index (Phi) is 15.9. The summed E-state index contributed by atoms with van der Waals surface area (Å²) in [5.41, 5.74) is 0.904. The summed E-state index contributed by atoms with van der Waals surface area (Å²) in [6.07, 6.45) is 18.7. The van der Waals surface area contributed by atoms with Crippen LogP contribution in [0.3, 0.4) is 0 Å². The average Bonchev–Trinajstić information content (AvgIpc) is 2.51. The minimum atomic E-state index is -0.297. The van der Waals surface area contributed by atoms with Gasteiger partial charge in [-0.25, -0.2) is 0 Å². The lowest BCUT2D eigenvalue weighted by Crippen LogP contribution is -2.28. The lowest BCUT2D eigenvalue weighted by molar-refractivity contribution is -0.128. The van der Waals surface area contributed by atoms with Gasteiger partial charge in [0, 0.05) is 12.5 Å². The Balaban J connectivity index is 3.29. The Hall–Kier alpha value is -1.12.